The summed E-state index contributed by atoms with van der Waals surface area (Å²) < 4.78 is 12.2. The van der Waals surface area contributed by atoms with Crippen molar-refractivity contribution in [2.45, 2.75) is 6.42 Å². The number of amides is 1. The van der Waals surface area contributed by atoms with Crippen LogP contribution in [0.3, 0.4) is 0 Å². The molecule has 0 atom stereocenters. The van der Waals surface area contributed by atoms with Crippen molar-refractivity contribution >= 4 is 23.0 Å². The molecule has 7 nitrogen and oxygen atoms in total. The molecule has 0 aromatic heterocycles. The van der Waals surface area contributed by atoms with Gasteiger partial charge in [-0.15, -0.1) is 0 Å². The van der Waals surface area contributed by atoms with Crippen molar-refractivity contribution in [3.8, 4) is 34.1 Å². The molecule has 1 aliphatic carbocycles. The van der Waals surface area contributed by atoms with E-state index >= 15 is 0 Å². The zero-order chi connectivity index (χ0) is 26.8. The zero-order valence-electron chi connectivity index (χ0n) is 21.0. The molecule has 0 bridgehead atoms. The highest BCUT2D eigenvalue weighted by Gasteiger charge is 2.23. The van der Waals surface area contributed by atoms with E-state index in [-0.39, 0.29) is 5.56 Å². The largest absolute Gasteiger partial charge is 0.456 e. The van der Waals surface area contributed by atoms with Gasteiger partial charge in [0.15, 0.2) is 0 Å². The lowest BCUT2D eigenvalue weighted by molar-refractivity contribution is 0.0958. The molecular weight excluding hydrogens is 488 g/mol. The van der Waals surface area contributed by atoms with Crippen LogP contribution in [0.4, 0.5) is 17.1 Å². The number of carbonyl (C=O) groups is 1. The molecule has 0 aliphatic heterocycles. The van der Waals surface area contributed by atoms with Gasteiger partial charge in [0.2, 0.25) is 0 Å². The molecule has 0 saturated heterocycles. The summed E-state index contributed by atoms with van der Waals surface area (Å²) >= 11 is 0. The first kappa shape index (κ1) is 23.9. The van der Waals surface area contributed by atoms with E-state index in [2.05, 4.69) is 29.1 Å². The molecule has 7 heteroatoms. The number of benzene rings is 5. The second-order valence-electron chi connectivity index (χ2n) is 9.22. The number of ether oxygens (including phenoxy) is 2. The molecule has 6 N–H and O–H groups in total. The molecule has 5 aromatic rings. The third-order valence-corrected chi connectivity index (χ3v) is 6.59. The summed E-state index contributed by atoms with van der Waals surface area (Å²) in [5.74, 6) is 1.32. The summed E-state index contributed by atoms with van der Waals surface area (Å²) in [6.45, 7) is 0. The van der Waals surface area contributed by atoms with E-state index in [0.29, 0.717) is 34.4 Å². The van der Waals surface area contributed by atoms with Crippen LogP contribution in [0.15, 0.2) is 109 Å². The smallest absolute Gasteiger partial charge is 0.277 e. The minimum atomic E-state index is -0.417. The van der Waals surface area contributed by atoms with Crippen molar-refractivity contribution in [1.29, 1.82) is 0 Å². The molecule has 5 aromatic carbocycles. The van der Waals surface area contributed by atoms with Crippen LogP contribution in [0.5, 0.6) is 23.0 Å². The average Bonchev–Trinajstić information content (AvgIpc) is 3.34. The van der Waals surface area contributed by atoms with Crippen molar-refractivity contribution < 1.29 is 14.3 Å². The van der Waals surface area contributed by atoms with Crippen LogP contribution in [0.25, 0.3) is 11.1 Å². The van der Waals surface area contributed by atoms with Gasteiger partial charge < -0.3 is 20.9 Å². The van der Waals surface area contributed by atoms with Gasteiger partial charge in [-0.1, -0.05) is 42.5 Å². The van der Waals surface area contributed by atoms with E-state index in [0.717, 1.165) is 23.2 Å². The highest BCUT2D eigenvalue weighted by atomic mass is 16.5. The number of fused-ring (bicyclic) bond motifs is 3. The Morgan fingerprint density at radius 2 is 1.21 bits per heavy atom. The molecule has 0 unspecified atom stereocenters. The Balaban J connectivity index is 1.30. The number of nitrogen functional groups attached to an aromatic ring is 2. The SMILES string of the molecule is Nc1ccc(Oc2cccc(Oc3ccc(N)cc3)c2C(=O)NNc2cccc3c2Cc2ccccc2-3)cc1. The lowest BCUT2D eigenvalue weighted by Crippen LogP contribution is -2.30. The maximum atomic E-state index is 13.7. The molecule has 0 radical (unpaired) electrons. The minimum Gasteiger partial charge on any atom is -0.456 e. The molecule has 0 saturated carbocycles. The van der Waals surface area contributed by atoms with Gasteiger partial charge in [-0.05, 0) is 89.0 Å². The third kappa shape index (κ3) is 4.93. The lowest BCUT2D eigenvalue weighted by atomic mass is 10.1. The predicted molar refractivity (Wildman–Crippen MR) is 154 cm³/mol. The number of anilines is 3. The molecule has 1 aliphatic rings. The number of rotatable bonds is 7. The maximum Gasteiger partial charge on any atom is 0.277 e. The van der Waals surface area contributed by atoms with Crippen molar-refractivity contribution in [3.63, 3.8) is 0 Å². The molecule has 192 valence electrons. The first-order chi connectivity index (χ1) is 19.0. The van der Waals surface area contributed by atoms with Gasteiger partial charge >= 0.3 is 0 Å². The molecular formula is C32H26N4O3. The van der Waals surface area contributed by atoms with Gasteiger partial charge in [-0.2, -0.15) is 0 Å². The van der Waals surface area contributed by atoms with Crippen molar-refractivity contribution in [1.82, 2.24) is 5.43 Å². The summed E-state index contributed by atoms with van der Waals surface area (Å²) in [5.41, 5.74) is 24.7. The fourth-order valence-corrected chi connectivity index (χ4v) is 4.69. The summed E-state index contributed by atoms with van der Waals surface area (Å²) in [5, 5.41) is 0. The Kier molecular flexibility index (Phi) is 6.23. The average molecular weight is 515 g/mol. The number of hydrazine groups is 1. The lowest BCUT2D eigenvalue weighted by Gasteiger charge is -2.17. The van der Waals surface area contributed by atoms with E-state index in [1.54, 1.807) is 66.7 Å². The Bertz CT molecular complexity index is 1600. The number of hydrogen-bond acceptors (Lipinski definition) is 6. The summed E-state index contributed by atoms with van der Waals surface area (Å²) in [6, 6.07) is 33.5. The summed E-state index contributed by atoms with van der Waals surface area (Å²) in [4.78, 5) is 13.7. The highest BCUT2D eigenvalue weighted by molar-refractivity contribution is 6.00. The molecule has 6 rings (SSSR count). The molecule has 1 amide bonds. The van der Waals surface area contributed by atoms with Crippen LogP contribution in [0.1, 0.15) is 21.5 Å². The van der Waals surface area contributed by atoms with Gasteiger partial charge in [0.05, 0.1) is 5.69 Å². The van der Waals surface area contributed by atoms with Gasteiger partial charge in [-0.3, -0.25) is 15.6 Å². The van der Waals surface area contributed by atoms with Crippen molar-refractivity contribution in [2.75, 3.05) is 16.9 Å². The fraction of sp³-hybridized carbons (Fsp3) is 0.0312. The van der Waals surface area contributed by atoms with Crippen molar-refractivity contribution in [3.05, 3.63) is 126 Å². The standard InChI is InChI=1S/C32H26N4O3/c33-21-11-15-23(16-12-21)38-29-9-4-10-30(39-24-17-13-22(34)14-18-24)31(29)32(37)36-35-28-8-3-7-26-25-6-2-1-5-20(25)19-27(26)28/h1-18,35H,19,33-34H2,(H,36,37). The van der Waals surface area contributed by atoms with Crippen LogP contribution >= 0.6 is 0 Å². The van der Waals surface area contributed by atoms with Crippen LogP contribution in [0, 0.1) is 0 Å². The van der Waals surface area contributed by atoms with Crippen LogP contribution < -0.4 is 31.8 Å². The normalized spacial score (nSPS) is 11.3. The maximum absolute atomic E-state index is 13.7. The Labute approximate surface area is 226 Å². The topological polar surface area (TPSA) is 112 Å². The second-order valence-corrected chi connectivity index (χ2v) is 9.22. The van der Waals surface area contributed by atoms with E-state index in [9.17, 15) is 4.79 Å². The first-order valence-corrected chi connectivity index (χ1v) is 12.5. The Hall–Kier alpha value is -5.43. The van der Waals surface area contributed by atoms with Crippen LogP contribution in [0.2, 0.25) is 0 Å². The van der Waals surface area contributed by atoms with Gasteiger partial charge in [0, 0.05) is 17.8 Å². The predicted octanol–water partition coefficient (Wildman–Crippen LogP) is 6.76. The summed E-state index contributed by atoms with van der Waals surface area (Å²) in [7, 11) is 0. The van der Waals surface area contributed by atoms with E-state index < -0.39 is 5.91 Å². The zero-order valence-corrected chi connectivity index (χ0v) is 21.0. The van der Waals surface area contributed by atoms with Gasteiger partial charge in [0.1, 0.15) is 28.6 Å². The quantitative estimate of drug-likeness (QED) is 0.138. The van der Waals surface area contributed by atoms with E-state index in [1.807, 2.05) is 24.3 Å². The molecule has 39 heavy (non-hydrogen) atoms. The Morgan fingerprint density at radius 1 is 0.641 bits per heavy atom. The minimum absolute atomic E-state index is 0.231. The molecule has 0 fully saturated rings. The number of carbonyl (C=O) groups excluding carboxylic acids is 1. The van der Waals surface area contributed by atoms with E-state index in [4.69, 9.17) is 20.9 Å². The van der Waals surface area contributed by atoms with Crippen LogP contribution in [-0.2, 0) is 6.42 Å². The fourth-order valence-electron chi connectivity index (χ4n) is 4.69. The third-order valence-electron chi connectivity index (χ3n) is 6.59. The number of hydrogen-bond donors (Lipinski definition) is 4. The number of nitrogens with two attached hydrogens (primary N) is 2. The second kappa shape index (κ2) is 10.1. The van der Waals surface area contributed by atoms with Gasteiger partial charge in [-0.25, -0.2) is 0 Å². The van der Waals surface area contributed by atoms with Crippen molar-refractivity contribution in [2.24, 2.45) is 0 Å². The Morgan fingerprint density at radius 3 is 1.85 bits per heavy atom. The monoisotopic (exact) mass is 514 g/mol. The van der Waals surface area contributed by atoms with Gasteiger partial charge in [0.25, 0.3) is 5.91 Å². The van der Waals surface area contributed by atoms with E-state index in [1.165, 1.54) is 11.1 Å². The molecule has 0 heterocycles. The number of nitrogens with one attached hydrogen (secondary N) is 2. The first-order valence-electron chi connectivity index (χ1n) is 12.5. The summed E-state index contributed by atoms with van der Waals surface area (Å²) in [6.07, 6.45) is 0.785. The van der Waals surface area contributed by atoms with Crippen LogP contribution in [-0.4, -0.2) is 5.91 Å². The highest BCUT2D eigenvalue weighted by Crippen LogP contribution is 2.40. The molecule has 0 spiro atoms.